The fraction of sp³-hybridized carbons (Fsp3) is 0.917. The van der Waals surface area contributed by atoms with Gasteiger partial charge in [0.25, 0.3) is 0 Å². The van der Waals surface area contributed by atoms with E-state index in [0.717, 1.165) is 19.0 Å². The van der Waals surface area contributed by atoms with Gasteiger partial charge in [0, 0.05) is 11.5 Å². The van der Waals surface area contributed by atoms with Gasteiger partial charge in [0.05, 0.1) is 6.04 Å². The molecule has 0 unspecified atom stereocenters. The van der Waals surface area contributed by atoms with Gasteiger partial charge in [0.1, 0.15) is 0 Å². The highest BCUT2D eigenvalue weighted by molar-refractivity contribution is 5.89. The number of Topliss-reactive ketones (excluding diaryl/α,β-unsaturated/α-hetero) is 1. The van der Waals surface area contributed by atoms with Gasteiger partial charge in [-0.15, -0.1) is 0 Å². The Morgan fingerprint density at radius 3 is 2.36 bits per heavy atom. The minimum Gasteiger partial charge on any atom is -0.297 e. The summed E-state index contributed by atoms with van der Waals surface area (Å²) in [4.78, 5) is 14.6. The molecule has 0 spiro atoms. The molecule has 0 aromatic rings. The normalized spacial score (nSPS) is 29.5. The van der Waals surface area contributed by atoms with Crippen LogP contribution < -0.4 is 0 Å². The smallest absolute Gasteiger partial charge is 0.155 e. The Morgan fingerprint density at radius 2 is 1.86 bits per heavy atom. The van der Waals surface area contributed by atoms with Crippen molar-refractivity contribution in [2.45, 2.75) is 58.5 Å². The third-order valence-corrected chi connectivity index (χ3v) is 3.35. The highest BCUT2D eigenvalue weighted by Gasteiger charge is 2.42. The summed E-state index contributed by atoms with van der Waals surface area (Å²) in [6, 6.07) is 0.983. The van der Waals surface area contributed by atoms with Crippen LogP contribution in [-0.2, 0) is 4.79 Å². The van der Waals surface area contributed by atoms with E-state index in [4.69, 9.17) is 0 Å². The molecule has 0 bridgehead atoms. The lowest BCUT2D eigenvalue weighted by molar-refractivity contribution is -0.131. The Bertz CT molecular complexity index is 237. The van der Waals surface area contributed by atoms with E-state index in [0.29, 0.717) is 5.78 Å². The highest BCUT2D eigenvalue weighted by Crippen LogP contribution is 2.36. The van der Waals surface area contributed by atoms with Crippen molar-refractivity contribution in [3.05, 3.63) is 0 Å². The van der Waals surface area contributed by atoms with Crippen molar-refractivity contribution in [2.24, 2.45) is 5.41 Å². The molecule has 1 saturated heterocycles. The molecule has 14 heavy (non-hydrogen) atoms. The lowest BCUT2D eigenvalue weighted by Crippen LogP contribution is -2.42. The summed E-state index contributed by atoms with van der Waals surface area (Å²) in [6.45, 7) is 7.27. The van der Waals surface area contributed by atoms with Crippen LogP contribution in [0.2, 0.25) is 0 Å². The van der Waals surface area contributed by atoms with Crippen molar-refractivity contribution < 1.29 is 4.79 Å². The summed E-state index contributed by atoms with van der Waals surface area (Å²) in [7, 11) is 0. The van der Waals surface area contributed by atoms with Crippen LogP contribution in [0.1, 0.15) is 46.5 Å². The number of carbonyl (C=O) groups is 1. The Hall–Kier alpha value is -0.370. The molecule has 1 atom stereocenters. The molecule has 0 aromatic heterocycles. The summed E-state index contributed by atoms with van der Waals surface area (Å²) < 4.78 is 0. The monoisotopic (exact) mass is 195 g/mol. The number of nitrogens with zero attached hydrogens (tertiary/aromatic N) is 1. The van der Waals surface area contributed by atoms with Crippen LogP contribution in [-0.4, -0.2) is 29.3 Å². The van der Waals surface area contributed by atoms with Crippen LogP contribution in [0.15, 0.2) is 0 Å². The maximum absolute atomic E-state index is 12.2. The van der Waals surface area contributed by atoms with E-state index < -0.39 is 0 Å². The summed E-state index contributed by atoms with van der Waals surface area (Å²) in [6.07, 6.45) is 4.93. The van der Waals surface area contributed by atoms with Gasteiger partial charge in [0.2, 0.25) is 0 Å². The minimum atomic E-state index is -0.165. The molecular formula is C12H21NO. The van der Waals surface area contributed by atoms with E-state index in [1.54, 1.807) is 0 Å². The minimum absolute atomic E-state index is 0.165. The molecule has 2 rings (SSSR count). The maximum atomic E-state index is 12.2. The number of carbonyl (C=O) groups excluding carboxylic acids is 1. The van der Waals surface area contributed by atoms with E-state index in [1.165, 1.54) is 19.3 Å². The van der Waals surface area contributed by atoms with Gasteiger partial charge in [-0.2, -0.15) is 0 Å². The van der Waals surface area contributed by atoms with Crippen LogP contribution in [0, 0.1) is 5.41 Å². The van der Waals surface area contributed by atoms with Gasteiger partial charge in [-0.25, -0.2) is 0 Å². The lowest BCUT2D eigenvalue weighted by Gasteiger charge is -2.28. The molecule has 2 aliphatic rings. The topological polar surface area (TPSA) is 20.3 Å². The second-order valence-electron chi connectivity index (χ2n) is 5.74. The van der Waals surface area contributed by atoms with Crippen LogP contribution in [0.25, 0.3) is 0 Å². The molecular weight excluding hydrogens is 174 g/mol. The van der Waals surface area contributed by atoms with E-state index in [2.05, 4.69) is 4.90 Å². The number of rotatable bonds is 2. The average molecular weight is 195 g/mol. The first-order valence-electron chi connectivity index (χ1n) is 5.80. The van der Waals surface area contributed by atoms with Gasteiger partial charge in [-0.05, 0) is 32.2 Å². The Kier molecular flexibility index (Phi) is 2.42. The molecule has 1 aliphatic heterocycles. The largest absolute Gasteiger partial charge is 0.297 e. The third kappa shape index (κ3) is 1.85. The van der Waals surface area contributed by atoms with Gasteiger partial charge >= 0.3 is 0 Å². The fourth-order valence-electron chi connectivity index (χ4n) is 2.41. The number of hydrogen-bond donors (Lipinski definition) is 0. The molecule has 2 fully saturated rings. The van der Waals surface area contributed by atoms with Gasteiger partial charge in [0.15, 0.2) is 5.78 Å². The zero-order valence-corrected chi connectivity index (χ0v) is 9.55. The first-order chi connectivity index (χ1) is 6.50. The van der Waals surface area contributed by atoms with E-state index in [-0.39, 0.29) is 11.5 Å². The van der Waals surface area contributed by atoms with Crippen LogP contribution >= 0.6 is 0 Å². The Balaban J connectivity index is 2.05. The second-order valence-corrected chi connectivity index (χ2v) is 5.74. The molecule has 2 nitrogen and oxygen atoms in total. The predicted molar refractivity (Wildman–Crippen MR) is 57.2 cm³/mol. The van der Waals surface area contributed by atoms with Crippen molar-refractivity contribution in [1.29, 1.82) is 0 Å². The van der Waals surface area contributed by atoms with Crippen molar-refractivity contribution in [1.82, 2.24) is 4.90 Å². The van der Waals surface area contributed by atoms with Crippen molar-refractivity contribution in [2.75, 3.05) is 6.54 Å². The van der Waals surface area contributed by atoms with Gasteiger partial charge in [-0.3, -0.25) is 9.69 Å². The quantitative estimate of drug-likeness (QED) is 0.673. The van der Waals surface area contributed by atoms with Crippen molar-refractivity contribution in [3.63, 3.8) is 0 Å². The molecule has 0 aromatic carbocycles. The molecule has 1 heterocycles. The second kappa shape index (κ2) is 3.34. The molecule has 0 amide bonds. The van der Waals surface area contributed by atoms with E-state index in [1.807, 2.05) is 20.8 Å². The Morgan fingerprint density at radius 1 is 1.21 bits per heavy atom. The summed E-state index contributed by atoms with van der Waals surface area (Å²) >= 11 is 0. The van der Waals surface area contributed by atoms with Crippen LogP contribution in [0.3, 0.4) is 0 Å². The maximum Gasteiger partial charge on any atom is 0.155 e. The average Bonchev–Trinajstić information content (AvgIpc) is 2.81. The zero-order chi connectivity index (χ0) is 10.3. The first kappa shape index (κ1) is 10.2. The predicted octanol–water partition coefficient (Wildman–Crippen LogP) is 2.23. The number of ketones is 1. The first-order valence-corrected chi connectivity index (χ1v) is 5.80. The van der Waals surface area contributed by atoms with Crippen molar-refractivity contribution >= 4 is 5.78 Å². The summed E-state index contributed by atoms with van der Waals surface area (Å²) in [5.74, 6) is 0.446. The highest BCUT2D eigenvalue weighted by atomic mass is 16.1. The molecule has 1 aliphatic carbocycles. The molecule has 80 valence electrons. The zero-order valence-electron chi connectivity index (χ0n) is 9.55. The van der Waals surface area contributed by atoms with E-state index >= 15 is 0 Å². The molecule has 0 radical (unpaired) electrons. The van der Waals surface area contributed by atoms with Crippen LogP contribution in [0.5, 0.6) is 0 Å². The van der Waals surface area contributed by atoms with E-state index in [9.17, 15) is 4.79 Å². The molecule has 2 heteroatoms. The Labute approximate surface area is 86.7 Å². The third-order valence-electron chi connectivity index (χ3n) is 3.35. The SMILES string of the molecule is CC(C)(C)C(=O)[C@H]1CCCN1C1CC1. The van der Waals surface area contributed by atoms with Gasteiger partial charge in [-0.1, -0.05) is 20.8 Å². The van der Waals surface area contributed by atoms with Crippen molar-refractivity contribution in [3.8, 4) is 0 Å². The summed E-state index contributed by atoms with van der Waals surface area (Å²) in [5, 5.41) is 0. The number of hydrogen-bond acceptors (Lipinski definition) is 2. The van der Waals surface area contributed by atoms with Crippen LogP contribution in [0.4, 0.5) is 0 Å². The van der Waals surface area contributed by atoms with Gasteiger partial charge < -0.3 is 0 Å². The number of likely N-dealkylation sites (tertiary alicyclic amines) is 1. The lowest BCUT2D eigenvalue weighted by atomic mass is 9.85. The standard InChI is InChI=1S/C12H21NO/c1-12(2,3)11(14)10-5-4-8-13(10)9-6-7-9/h9-10H,4-8H2,1-3H3/t10-/m1/s1. The molecule has 1 saturated carbocycles. The fourth-order valence-corrected chi connectivity index (χ4v) is 2.41. The summed E-state index contributed by atoms with van der Waals surface area (Å²) in [5.41, 5.74) is -0.165. The molecule has 0 N–H and O–H groups in total.